The van der Waals surface area contributed by atoms with Gasteiger partial charge in [-0.3, -0.25) is 4.98 Å². The molecule has 0 amide bonds. The van der Waals surface area contributed by atoms with Crippen molar-refractivity contribution in [1.29, 1.82) is 0 Å². The number of benzene rings is 1. The lowest BCUT2D eigenvalue weighted by Crippen LogP contribution is -2.07. The molecule has 0 N–H and O–H groups in total. The van der Waals surface area contributed by atoms with E-state index in [1.165, 1.54) is 12.3 Å². The molecular weight excluding hydrogens is 318 g/mol. The summed E-state index contributed by atoms with van der Waals surface area (Å²) >= 11 is 1.68. The van der Waals surface area contributed by atoms with E-state index in [1.807, 2.05) is 0 Å². The van der Waals surface area contributed by atoms with E-state index in [9.17, 15) is 13.2 Å². The average Bonchev–Trinajstić information content (AvgIpc) is 2.16. The molecule has 1 aromatic heterocycles. The second-order valence-electron chi connectivity index (χ2n) is 3.00. The summed E-state index contributed by atoms with van der Waals surface area (Å²) in [4.78, 5) is 3.95. The first-order valence-electron chi connectivity index (χ1n) is 4.10. The highest BCUT2D eigenvalue weighted by Crippen LogP contribution is 2.35. The summed E-state index contributed by atoms with van der Waals surface area (Å²) in [5.41, 5.74) is -0.234. The first-order valence-corrected chi connectivity index (χ1v) is 5.18. The molecule has 0 aliphatic rings. The SMILES string of the molecule is FC(F)(F)c1ccc2cccnc2c1I. The van der Waals surface area contributed by atoms with Gasteiger partial charge in [-0.1, -0.05) is 12.1 Å². The fourth-order valence-corrected chi connectivity index (χ4v) is 2.26. The summed E-state index contributed by atoms with van der Waals surface area (Å²) in [5, 5.41) is 0.718. The Balaban J connectivity index is 2.76. The van der Waals surface area contributed by atoms with Gasteiger partial charge >= 0.3 is 6.18 Å². The second-order valence-corrected chi connectivity index (χ2v) is 4.08. The van der Waals surface area contributed by atoms with Crippen LogP contribution in [-0.2, 0) is 6.18 Å². The Morgan fingerprint density at radius 3 is 2.53 bits per heavy atom. The van der Waals surface area contributed by atoms with E-state index in [1.54, 1.807) is 34.7 Å². The molecule has 0 aliphatic carbocycles. The van der Waals surface area contributed by atoms with Gasteiger partial charge in [0, 0.05) is 11.6 Å². The number of hydrogen-bond acceptors (Lipinski definition) is 1. The van der Waals surface area contributed by atoms with Crippen molar-refractivity contribution in [2.75, 3.05) is 0 Å². The molecule has 0 radical (unpaired) electrons. The smallest absolute Gasteiger partial charge is 0.255 e. The summed E-state index contributed by atoms with van der Waals surface area (Å²) < 4.78 is 37.8. The van der Waals surface area contributed by atoms with Crippen molar-refractivity contribution >= 4 is 33.5 Å². The lowest BCUT2D eigenvalue weighted by molar-refractivity contribution is -0.138. The van der Waals surface area contributed by atoms with Gasteiger partial charge in [0.05, 0.1) is 14.7 Å². The van der Waals surface area contributed by atoms with Crippen molar-refractivity contribution in [3.8, 4) is 0 Å². The van der Waals surface area contributed by atoms with E-state index in [4.69, 9.17) is 0 Å². The molecule has 1 aromatic carbocycles. The Bertz CT molecular complexity index is 507. The molecule has 0 unspecified atom stereocenters. The van der Waals surface area contributed by atoms with Crippen LogP contribution in [0.1, 0.15) is 5.56 Å². The predicted octanol–water partition coefficient (Wildman–Crippen LogP) is 3.86. The summed E-state index contributed by atoms with van der Waals surface area (Å²) in [7, 11) is 0. The van der Waals surface area contributed by atoms with Crippen LogP contribution in [0.15, 0.2) is 30.5 Å². The Hall–Kier alpha value is -0.850. The lowest BCUT2D eigenvalue weighted by atomic mass is 10.1. The maximum Gasteiger partial charge on any atom is 0.417 e. The maximum absolute atomic E-state index is 12.5. The summed E-state index contributed by atoms with van der Waals surface area (Å²) in [6.07, 6.45) is -2.83. The molecule has 2 rings (SSSR count). The molecule has 2 aromatic rings. The maximum atomic E-state index is 12.5. The third kappa shape index (κ3) is 1.92. The molecule has 0 saturated carbocycles. The summed E-state index contributed by atoms with van der Waals surface area (Å²) in [6.45, 7) is 0. The van der Waals surface area contributed by atoms with Crippen LogP contribution in [-0.4, -0.2) is 4.98 Å². The Kier molecular flexibility index (Phi) is 2.57. The first-order chi connectivity index (χ1) is 7.00. The minimum absolute atomic E-state index is 0.151. The Morgan fingerprint density at radius 1 is 1.13 bits per heavy atom. The standard InChI is InChI=1S/C10H5F3IN/c11-10(12,13)7-4-3-6-2-1-5-15-9(6)8(7)14/h1-5H. The van der Waals surface area contributed by atoms with Crippen LogP contribution in [0.4, 0.5) is 13.2 Å². The fourth-order valence-electron chi connectivity index (χ4n) is 1.33. The molecular formula is C10H5F3IN. The third-order valence-corrected chi connectivity index (χ3v) is 3.11. The molecule has 0 saturated heterocycles. The van der Waals surface area contributed by atoms with Crippen LogP contribution in [0.3, 0.4) is 0 Å². The Labute approximate surface area is 97.5 Å². The number of halogens is 4. The fraction of sp³-hybridized carbons (Fsp3) is 0.100. The van der Waals surface area contributed by atoms with Gasteiger partial charge < -0.3 is 0 Å². The number of pyridine rings is 1. The van der Waals surface area contributed by atoms with Gasteiger partial charge in [0.2, 0.25) is 0 Å². The van der Waals surface area contributed by atoms with Crippen LogP contribution < -0.4 is 0 Å². The number of aromatic nitrogens is 1. The summed E-state index contributed by atoms with van der Waals surface area (Å²) in [6, 6.07) is 5.97. The van der Waals surface area contributed by atoms with Gasteiger partial charge in [-0.25, -0.2) is 0 Å². The number of fused-ring (bicyclic) bond motifs is 1. The highest BCUT2D eigenvalue weighted by Gasteiger charge is 2.33. The first kappa shape index (κ1) is 10.7. The van der Waals surface area contributed by atoms with Crippen molar-refractivity contribution in [2.45, 2.75) is 6.18 Å². The number of alkyl halides is 3. The van der Waals surface area contributed by atoms with Crippen LogP contribution >= 0.6 is 22.6 Å². The molecule has 0 atom stereocenters. The van der Waals surface area contributed by atoms with E-state index in [0.717, 1.165) is 11.5 Å². The second kappa shape index (κ2) is 3.62. The molecule has 0 spiro atoms. The minimum atomic E-state index is -4.32. The van der Waals surface area contributed by atoms with Crippen molar-refractivity contribution < 1.29 is 13.2 Å². The minimum Gasteiger partial charge on any atom is -0.255 e. The van der Waals surface area contributed by atoms with Gasteiger partial charge in [0.15, 0.2) is 0 Å². The molecule has 1 heterocycles. The Morgan fingerprint density at radius 2 is 1.87 bits per heavy atom. The molecule has 0 fully saturated rings. The van der Waals surface area contributed by atoms with Gasteiger partial charge in [-0.15, -0.1) is 0 Å². The topological polar surface area (TPSA) is 12.9 Å². The van der Waals surface area contributed by atoms with Crippen molar-refractivity contribution in [3.05, 3.63) is 39.6 Å². The van der Waals surface area contributed by atoms with Gasteiger partial charge in [-0.05, 0) is 34.7 Å². The molecule has 78 valence electrons. The van der Waals surface area contributed by atoms with E-state index < -0.39 is 11.7 Å². The zero-order valence-corrected chi connectivity index (χ0v) is 9.50. The molecule has 15 heavy (non-hydrogen) atoms. The van der Waals surface area contributed by atoms with Crippen molar-refractivity contribution in [3.63, 3.8) is 0 Å². The number of rotatable bonds is 0. The van der Waals surface area contributed by atoms with Crippen LogP contribution in [0.2, 0.25) is 0 Å². The average molecular weight is 323 g/mol. The van der Waals surface area contributed by atoms with Crippen molar-refractivity contribution in [1.82, 2.24) is 4.98 Å². The quantitative estimate of drug-likeness (QED) is 0.671. The highest BCUT2D eigenvalue weighted by molar-refractivity contribution is 14.1. The van der Waals surface area contributed by atoms with Gasteiger partial charge in [-0.2, -0.15) is 13.2 Å². The molecule has 1 nitrogen and oxygen atoms in total. The van der Waals surface area contributed by atoms with Crippen molar-refractivity contribution in [2.24, 2.45) is 0 Å². The molecule has 0 bridgehead atoms. The predicted molar refractivity (Wildman–Crippen MR) is 59.5 cm³/mol. The monoisotopic (exact) mass is 323 g/mol. The van der Waals surface area contributed by atoms with Gasteiger partial charge in [0.25, 0.3) is 0 Å². The van der Waals surface area contributed by atoms with Crippen LogP contribution in [0.25, 0.3) is 10.9 Å². The normalized spacial score (nSPS) is 12.0. The van der Waals surface area contributed by atoms with Gasteiger partial charge in [0.1, 0.15) is 0 Å². The highest BCUT2D eigenvalue weighted by atomic mass is 127. The zero-order valence-electron chi connectivity index (χ0n) is 7.35. The number of nitrogens with zero attached hydrogens (tertiary/aromatic N) is 1. The van der Waals surface area contributed by atoms with E-state index in [2.05, 4.69) is 4.98 Å². The number of hydrogen-bond donors (Lipinski definition) is 0. The zero-order chi connectivity index (χ0) is 11.1. The third-order valence-electron chi connectivity index (χ3n) is 2.02. The molecule has 0 aliphatic heterocycles. The van der Waals surface area contributed by atoms with Crippen LogP contribution in [0, 0.1) is 3.57 Å². The van der Waals surface area contributed by atoms with E-state index in [0.29, 0.717) is 5.52 Å². The van der Waals surface area contributed by atoms with E-state index in [-0.39, 0.29) is 3.57 Å². The van der Waals surface area contributed by atoms with E-state index >= 15 is 0 Å². The largest absolute Gasteiger partial charge is 0.417 e. The molecule has 5 heteroatoms. The lowest BCUT2D eigenvalue weighted by Gasteiger charge is -2.10. The summed E-state index contributed by atoms with van der Waals surface area (Å²) in [5.74, 6) is 0. The van der Waals surface area contributed by atoms with Crippen LogP contribution in [0.5, 0.6) is 0 Å².